The van der Waals surface area contributed by atoms with Gasteiger partial charge < -0.3 is 15.4 Å². The second kappa shape index (κ2) is 3.97. The van der Waals surface area contributed by atoms with E-state index in [-0.39, 0.29) is 5.56 Å². The maximum Gasteiger partial charge on any atom is 0.339 e. The minimum atomic E-state index is -0.988. The first kappa shape index (κ1) is 11.3. The van der Waals surface area contributed by atoms with E-state index in [9.17, 15) is 4.79 Å². The molecule has 1 aromatic heterocycles. The summed E-state index contributed by atoms with van der Waals surface area (Å²) >= 11 is 0. The van der Waals surface area contributed by atoms with Gasteiger partial charge in [-0.15, -0.1) is 0 Å². The fourth-order valence-corrected chi connectivity index (χ4v) is 2.04. The van der Waals surface area contributed by atoms with Gasteiger partial charge in [0.05, 0.1) is 11.4 Å². The lowest BCUT2D eigenvalue weighted by Gasteiger charge is -2.05. The second-order valence-corrected chi connectivity index (χ2v) is 3.95. The number of hydrogen-bond acceptors (Lipinski definition) is 2. The smallest absolute Gasteiger partial charge is 0.339 e. The van der Waals surface area contributed by atoms with Gasteiger partial charge in [-0.25, -0.2) is 4.79 Å². The lowest BCUT2D eigenvalue weighted by Crippen LogP contribution is -2.01. The number of nitrogens with zero attached hydrogens (tertiary/aromatic N) is 1. The number of aromatic carboxylic acids is 1. The average molecular weight is 230 g/mol. The average Bonchev–Trinajstić information content (AvgIpc) is 2.51. The Kier molecular flexibility index (Phi) is 2.63. The molecule has 0 saturated carbocycles. The molecule has 88 valence electrons. The van der Waals surface area contributed by atoms with E-state index in [0.717, 1.165) is 11.3 Å². The summed E-state index contributed by atoms with van der Waals surface area (Å²) in [5.41, 5.74) is 8.78. The quantitative estimate of drug-likeness (QED) is 0.831. The highest BCUT2D eigenvalue weighted by molar-refractivity contribution is 5.99. The van der Waals surface area contributed by atoms with E-state index < -0.39 is 5.97 Å². The molecule has 4 nitrogen and oxygen atoms in total. The summed E-state index contributed by atoms with van der Waals surface area (Å²) in [7, 11) is 1.82. The van der Waals surface area contributed by atoms with Crippen molar-refractivity contribution >= 4 is 11.7 Å². The molecule has 0 spiro atoms. The van der Waals surface area contributed by atoms with E-state index in [1.54, 1.807) is 6.92 Å². The van der Waals surface area contributed by atoms with Crippen LogP contribution in [0.15, 0.2) is 30.3 Å². The van der Waals surface area contributed by atoms with Crippen molar-refractivity contribution < 1.29 is 9.90 Å². The topological polar surface area (TPSA) is 68.2 Å². The van der Waals surface area contributed by atoms with Crippen molar-refractivity contribution in [2.45, 2.75) is 6.92 Å². The van der Waals surface area contributed by atoms with Crippen molar-refractivity contribution in [2.24, 2.45) is 7.05 Å². The van der Waals surface area contributed by atoms with Crippen molar-refractivity contribution in [3.8, 4) is 11.3 Å². The number of benzene rings is 1. The van der Waals surface area contributed by atoms with Crippen molar-refractivity contribution in [1.82, 2.24) is 4.57 Å². The predicted molar refractivity (Wildman–Crippen MR) is 67.0 cm³/mol. The maximum absolute atomic E-state index is 11.1. The van der Waals surface area contributed by atoms with E-state index in [1.165, 1.54) is 0 Å². The fraction of sp³-hybridized carbons (Fsp3) is 0.154. The van der Waals surface area contributed by atoms with Crippen LogP contribution in [0, 0.1) is 6.92 Å². The molecule has 2 rings (SSSR count). The van der Waals surface area contributed by atoms with Crippen molar-refractivity contribution in [2.75, 3.05) is 5.73 Å². The van der Waals surface area contributed by atoms with Gasteiger partial charge in [-0.2, -0.15) is 0 Å². The van der Waals surface area contributed by atoms with E-state index >= 15 is 0 Å². The lowest BCUT2D eigenvalue weighted by molar-refractivity contribution is 0.0697. The third-order valence-electron chi connectivity index (χ3n) is 2.99. The molecule has 0 fully saturated rings. The van der Waals surface area contributed by atoms with Crippen LogP contribution in [0.1, 0.15) is 16.1 Å². The van der Waals surface area contributed by atoms with Gasteiger partial charge >= 0.3 is 5.97 Å². The Balaban J connectivity index is 2.72. The first-order chi connectivity index (χ1) is 8.04. The Morgan fingerprint density at radius 3 is 2.35 bits per heavy atom. The lowest BCUT2D eigenvalue weighted by atomic mass is 10.1. The molecule has 0 atom stereocenters. The molecule has 3 N–H and O–H groups in total. The Morgan fingerprint density at radius 1 is 1.29 bits per heavy atom. The molecule has 0 amide bonds. The third-order valence-corrected chi connectivity index (χ3v) is 2.99. The third kappa shape index (κ3) is 1.67. The first-order valence-electron chi connectivity index (χ1n) is 5.27. The maximum atomic E-state index is 11.1. The number of nitrogen functional groups attached to an aromatic ring is 1. The Hall–Kier alpha value is -2.23. The van der Waals surface area contributed by atoms with E-state index in [2.05, 4.69) is 0 Å². The van der Waals surface area contributed by atoms with Crippen LogP contribution in [0.2, 0.25) is 0 Å². The van der Waals surface area contributed by atoms with E-state index in [1.807, 2.05) is 41.9 Å². The molecule has 0 aliphatic rings. The molecular weight excluding hydrogens is 216 g/mol. The fourth-order valence-electron chi connectivity index (χ4n) is 2.04. The Labute approximate surface area is 99.3 Å². The molecule has 0 saturated heterocycles. The number of rotatable bonds is 2. The molecule has 17 heavy (non-hydrogen) atoms. The van der Waals surface area contributed by atoms with Crippen molar-refractivity contribution in [3.05, 3.63) is 41.6 Å². The SMILES string of the molecule is Cc1c(C(=O)O)c(N)c(-c2ccccc2)n1C. The Morgan fingerprint density at radius 2 is 1.88 bits per heavy atom. The summed E-state index contributed by atoms with van der Waals surface area (Å²) in [5.74, 6) is -0.988. The minimum Gasteiger partial charge on any atom is -0.478 e. The van der Waals surface area contributed by atoms with Gasteiger partial charge in [0.25, 0.3) is 0 Å². The molecule has 0 bridgehead atoms. The van der Waals surface area contributed by atoms with Crippen molar-refractivity contribution in [1.29, 1.82) is 0 Å². The monoisotopic (exact) mass is 230 g/mol. The van der Waals surface area contributed by atoms with Gasteiger partial charge in [0.1, 0.15) is 5.56 Å². The van der Waals surface area contributed by atoms with Crippen LogP contribution in [0.25, 0.3) is 11.3 Å². The number of hydrogen-bond donors (Lipinski definition) is 2. The number of carbonyl (C=O) groups is 1. The van der Waals surface area contributed by atoms with Gasteiger partial charge in [-0.1, -0.05) is 30.3 Å². The zero-order chi connectivity index (χ0) is 12.6. The summed E-state index contributed by atoms with van der Waals surface area (Å²) < 4.78 is 1.81. The standard InChI is InChI=1S/C13H14N2O2/c1-8-10(13(16)17)11(14)12(15(8)2)9-6-4-3-5-7-9/h3-7H,14H2,1-2H3,(H,16,17). The number of carboxylic acid groups (broad SMARTS) is 1. The first-order valence-corrected chi connectivity index (χ1v) is 5.27. The summed E-state index contributed by atoms with van der Waals surface area (Å²) in [6.45, 7) is 1.76. The normalized spacial score (nSPS) is 10.5. The van der Waals surface area contributed by atoms with Crippen LogP contribution in [-0.2, 0) is 7.05 Å². The molecule has 0 unspecified atom stereocenters. The highest BCUT2D eigenvalue weighted by Crippen LogP contribution is 2.32. The zero-order valence-electron chi connectivity index (χ0n) is 9.77. The van der Waals surface area contributed by atoms with Crippen LogP contribution in [0.5, 0.6) is 0 Å². The van der Waals surface area contributed by atoms with E-state index in [0.29, 0.717) is 11.4 Å². The number of anilines is 1. The van der Waals surface area contributed by atoms with Gasteiger partial charge in [0.15, 0.2) is 0 Å². The largest absolute Gasteiger partial charge is 0.478 e. The van der Waals surface area contributed by atoms with Gasteiger partial charge in [-0.3, -0.25) is 0 Å². The number of nitrogens with two attached hydrogens (primary N) is 1. The number of carboxylic acids is 1. The highest BCUT2D eigenvalue weighted by atomic mass is 16.4. The molecular formula is C13H14N2O2. The highest BCUT2D eigenvalue weighted by Gasteiger charge is 2.21. The van der Waals surface area contributed by atoms with Gasteiger partial charge in [0, 0.05) is 18.3 Å². The number of aromatic nitrogens is 1. The van der Waals surface area contributed by atoms with Crippen LogP contribution in [0.3, 0.4) is 0 Å². The van der Waals surface area contributed by atoms with Crippen LogP contribution < -0.4 is 5.73 Å². The molecule has 0 aliphatic heterocycles. The van der Waals surface area contributed by atoms with Crippen LogP contribution in [0.4, 0.5) is 5.69 Å². The molecule has 4 heteroatoms. The summed E-state index contributed by atoms with van der Waals surface area (Å²) in [6, 6.07) is 9.54. The van der Waals surface area contributed by atoms with Gasteiger partial charge in [-0.05, 0) is 6.92 Å². The van der Waals surface area contributed by atoms with Crippen LogP contribution >= 0.6 is 0 Å². The van der Waals surface area contributed by atoms with Crippen LogP contribution in [-0.4, -0.2) is 15.6 Å². The molecule has 1 aromatic carbocycles. The molecule has 1 heterocycles. The molecule has 2 aromatic rings. The van der Waals surface area contributed by atoms with E-state index in [4.69, 9.17) is 10.8 Å². The zero-order valence-corrected chi connectivity index (χ0v) is 9.77. The minimum absolute atomic E-state index is 0.186. The summed E-state index contributed by atoms with van der Waals surface area (Å²) in [5, 5.41) is 9.14. The molecule has 0 radical (unpaired) electrons. The van der Waals surface area contributed by atoms with Crippen molar-refractivity contribution in [3.63, 3.8) is 0 Å². The second-order valence-electron chi connectivity index (χ2n) is 3.95. The van der Waals surface area contributed by atoms with Gasteiger partial charge in [0.2, 0.25) is 0 Å². The summed E-state index contributed by atoms with van der Waals surface area (Å²) in [4.78, 5) is 11.1. The summed E-state index contributed by atoms with van der Waals surface area (Å²) in [6.07, 6.45) is 0. The molecule has 0 aliphatic carbocycles. The Bertz CT molecular complexity index is 571. The predicted octanol–water partition coefficient (Wildman–Crippen LogP) is 2.28.